The molecule has 2 fully saturated rings. The number of aliphatic carboxylic acids is 1. The van der Waals surface area contributed by atoms with Crippen LogP contribution in [0, 0.1) is 13.8 Å². The van der Waals surface area contributed by atoms with E-state index in [0.29, 0.717) is 24.5 Å². The van der Waals surface area contributed by atoms with Crippen LogP contribution < -0.4 is 5.32 Å². The zero-order chi connectivity index (χ0) is 18.8. The molecule has 0 aromatic heterocycles. The molecule has 2 aliphatic rings. The Morgan fingerprint density at radius 1 is 1.23 bits per heavy atom. The van der Waals surface area contributed by atoms with Crippen LogP contribution in [0.4, 0.5) is 5.69 Å². The SMILES string of the molecule is Cc1cccc(NC(=O)C2CSCN2C(=O)[C@@H]2CC[C@H](C(=O)O)O2)c1C. The standard InChI is InChI=1S/C18H22N2O5S/c1-10-4-3-5-12(11(10)2)19-16(21)13-8-26-9-20(13)17(22)14-6-7-15(25-14)18(23)24/h3-5,13-15H,6-9H2,1-2H3,(H,19,21)(H,23,24)/t13?,14-,15+/m0/s1. The van der Waals surface area contributed by atoms with Gasteiger partial charge >= 0.3 is 5.97 Å². The molecule has 2 amide bonds. The molecule has 2 aliphatic heterocycles. The number of carboxylic acid groups (broad SMARTS) is 1. The minimum absolute atomic E-state index is 0.232. The third-order valence-corrected chi connectivity index (χ3v) is 5.91. The van der Waals surface area contributed by atoms with E-state index in [1.165, 1.54) is 16.7 Å². The molecular weight excluding hydrogens is 356 g/mol. The van der Waals surface area contributed by atoms with Crippen LogP contribution in [0.1, 0.15) is 24.0 Å². The molecule has 140 valence electrons. The number of nitrogens with zero attached hydrogens (tertiary/aromatic N) is 1. The number of ether oxygens (including phenoxy) is 1. The van der Waals surface area contributed by atoms with Crippen molar-refractivity contribution in [3.8, 4) is 0 Å². The summed E-state index contributed by atoms with van der Waals surface area (Å²) in [6, 6.07) is 5.11. The summed E-state index contributed by atoms with van der Waals surface area (Å²) >= 11 is 1.50. The fourth-order valence-electron chi connectivity index (χ4n) is 3.17. The van der Waals surface area contributed by atoms with Gasteiger partial charge in [0.05, 0.1) is 5.88 Å². The van der Waals surface area contributed by atoms with Crippen LogP contribution in [0.15, 0.2) is 18.2 Å². The minimum atomic E-state index is -1.06. The second-order valence-electron chi connectivity index (χ2n) is 6.59. The molecule has 1 unspecified atom stereocenters. The topological polar surface area (TPSA) is 95.9 Å². The van der Waals surface area contributed by atoms with Crippen molar-refractivity contribution in [1.82, 2.24) is 4.90 Å². The Bertz CT molecular complexity index is 738. The van der Waals surface area contributed by atoms with Crippen molar-refractivity contribution >= 4 is 35.2 Å². The quantitative estimate of drug-likeness (QED) is 0.829. The lowest BCUT2D eigenvalue weighted by molar-refractivity contribution is -0.155. The predicted octanol–water partition coefficient (Wildman–Crippen LogP) is 1.78. The molecule has 2 saturated heterocycles. The van der Waals surface area contributed by atoms with Crippen molar-refractivity contribution in [1.29, 1.82) is 0 Å². The van der Waals surface area contributed by atoms with E-state index in [2.05, 4.69) is 5.32 Å². The van der Waals surface area contributed by atoms with Crippen LogP contribution in [-0.2, 0) is 19.1 Å². The average Bonchev–Trinajstić information content (AvgIpc) is 3.27. The molecule has 0 aliphatic carbocycles. The minimum Gasteiger partial charge on any atom is -0.479 e. The van der Waals surface area contributed by atoms with Gasteiger partial charge in [-0.15, -0.1) is 11.8 Å². The van der Waals surface area contributed by atoms with E-state index in [4.69, 9.17) is 9.84 Å². The summed E-state index contributed by atoms with van der Waals surface area (Å²) in [5.41, 5.74) is 2.81. The van der Waals surface area contributed by atoms with Crippen molar-refractivity contribution in [2.45, 2.75) is 44.9 Å². The monoisotopic (exact) mass is 378 g/mol. The fraction of sp³-hybridized carbons (Fsp3) is 0.500. The van der Waals surface area contributed by atoms with Crippen LogP contribution in [0.3, 0.4) is 0 Å². The lowest BCUT2D eigenvalue weighted by Gasteiger charge is -2.26. The van der Waals surface area contributed by atoms with Crippen LogP contribution >= 0.6 is 11.8 Å². The molecular formula is C18H22N2O5S. The molecule has 2 N–H and O–H groups in total. The van der Waals surface area contributed by atoms with Crippen molar-refractivity contribution in [2.24, 2.45) is 0 Å². The van der Waals surface area contributed by atoms with Gasteiger partial charge in [0.1, 0.15) is 12.1 Å². The molecule has 0 radical (unpaired) electrons. The highest BCUT2D eigenvalue weighted by Gasteiger charge is 2.42. The number of amides is 2. The number of anilines is 1. The molecule has 3 rings (SSSR count). The van der Waals surface area contributed by atoms with Gasteiger partial charge in [0.15, 0.2) is 6.10 Å². The molecule has 2 heterocycles. The summed E-state index contributed by atoms with van der Waals surface area (Å²) in [6.45, 7) is 3.91. The molecule has 0 saturated carbocycles. The second-order valence-corrected chi connectivity index (χ2v) is 7.59. The van der Waals surface area contributed by atoms with Gasteiger partial charge in [-0.3, -0.25) is 9.59 Å². The van der Waals surface area contributed by atoms with Crippen LogP contribution in [0.5, 0.6) is 0 Å². The number of aryl methyl sites for hydroxylation is 1. The zero-order valence-corrected chi connectivity index (χ0v) is 15.5. The first-order chi connectivity index (χ1) is 12.4. The van der Waals surface area contributed by atoms with Crippen LogP contribution in [-0.4, -0.2) is 57.7 Å². The number of hydrogen-bond donors (Lipinski definition) is 2. The maximum Gasteiger partial charge on any atom is 0.332 e. The van der Waals surface area contributed by atoms with Crippen LogP contribution in [0.25, 0.3) is 0 Å². The first kappa shape index (κ1) is 18.7. The van der Waals surface area contributed by atoms with Gasteiger partial charge in [-0.25, -0.2) is 4.79 Å². The van der Waals surface area contributed by atoms with Gasteiger partial charge < -0.3 is 20.1 Å². The highest BCUT2D eigenvalue weighted by molar-refractivity contribution is 7.99. The normalized spacial score (nSPS) is 25.3. The van der Waals surface area contributed by atoms with Gasteiger partial charge in [-0.05, 0) is 43.9 Å². The Labute approximate surface area is 156 Å². The number of benzene rings is 1. The van der Waals surface area contributed by atoms with Crippen molar-refractivity contribution in [3.63, 3.8) is 0 Å². The number of thioether (sulfide) groups is 1. The summed E-state index contributed by atoms with van der Waals surface area (Å²) in [5.74, 6) is -0.677. The zero-order valence-electron chi connectivity index (χ0n) is 14.7. The van der Waals surface area contributed by atoms with E-state index in [-0.39, 0.29) is 11.8 Å². The van der Waals surface area contributed by atoms with Gasteiger partial charge in [-0.1, -0.05) is 12.1 Å². The van der Waals surface area contributed by atoms with Gasteiger partial charge in [0.2, 0.25) is 5.91 Å². The Kier molecular flexibility index (Phi) is 5.52. The van der Waals surface area contributed by atoms with E-state index in [0.717, 1.165) is 16.8 Å². The first-order valence-corrected chi connectivity index (χ1v) is 9.67. The molecule has 0 spiro atoms. The van der Waals surface area contributed by atoms with Gasteiger partial charge in [-0.2, -0.15) is 0 Å². The van der Waals surface area contributed by atoms with E-state index in [9.17, 15) is 14.4 Å². The maximum absolute atomic E-state index is 12.7. The van der Waals surface area contributed by atoms with Crippen molar-refractivity contribution in [3.05, 3.63) is 29.3 Å². The molecule has 1 aromatic carbocycles. The lowest BCUT2D eigenvalue weighted by atomic mass is 10.1. The second kappa shape index (κ2) is 7.67. The Balaban J connectivity index is 1.68. The highest BCUT2D eigenvalue weighted by Crippen LogP contribution is 2.28. The van der Waals surface area contributed by atoms with Crippen LogP contribution in [0.2, 0.25) is 0 Å². The van der Waals surface area contributed by atoms with Crippen molar-refractivity contribution in [2.75, 3.05) is 16.9 Å². The number of hydrogen-bond acceptors (Lipinski definition) is 5. The number of rotatable bonds is 4. The van der Waals surface area contributed by atoms with E-state index >= 15 is 0 Å². The summed E-state index contributed by atoms with van der Waals surface area (Å²) in [7, 11) is 0. The molecule has 8 heteroatoms. The lowest BCUT2D eigenvalue weighted by Crippen LogP contribution is -2.48. The first-order valence-electron chi connectivity index (χ1n) is 8.52. The largest absolute Gasteiger partial charge is 0.479 e. The number of carbonyl (C=O) groups is 3. The van der Waals surface area contributed by atoms with Crippen molar-refractivity contribution < 1.29 is 24.2 Å². The highest BCUT2D eigenvalue weighted by atomic mass is 32.2. The predicted molar refractivity (Wildman–Crippen MR) is 98.0 cm³/mol. The number of nitrogens with one attached hydrogen (secondary N) is 1. The molecule has 0 bridgehead atoms. The van der Waals surface area contributed by atoms with E-state index < -0.39 is 24.2 Å². The van der Waals surface area contributed by atoms with Gasteiger partial charge in [0, 0.05) is 11.4 Å². The maximum atomic E-state index is 12.7. The summed E-state index contributed by atoms with van der Waals surface area (Å²) in [5, 5.41) is 11.9. The average molecular weight is 378 g/mol. The van der Waals surface area contributed by atoms with E-state index in [1.807, 2.05) is 32.0 Å². The smallest absolute Gasteiger partial charge is 0.332 e. The Hall–Kier alpha value is -2.06. The summed E-state index contributed by atoms with van der Waals surface area (Å²) in [6.07, 6.45) is -1.05. The third-order valence-electron chi connectivity index (χ3n) is 4.90. The summed E-state index contributed by atoms with van der Waals surface area (Å²) in [4.78, 5) is 38.0. The third kappa shape index (κ3) is 3.71. The summed E-state index contributed by atoms with van der Waals surface area (Å²) < 4.78 is 5.35. The number of carboxylic acids is 1. The Morgan fingerprint density at radius 3 is 2.65 bits per heavy atom. The Morgan fingerprint density at radius 2 is 1.96 bits per heavy atom. The molecule has 1 aromatic rings. The van der Waals surface area contributed by atoms with E-state index in [1.54, 1.807) is 0 Å². The fourth-order valence-corrected chi connectivity index (χ4v) is 4.33. The molecule has 26 heavy (non-hydrogen) atoms. The van der Waals surface area contributed by atoms with Gasteiger partial charge in [0.25, 0.3) is 5.91 Å². The molecule has 3 atom stereocenters. The molecule has 7 nitrogen and oxygen atoms in total. The number of carbonyl (C=O) groups excluding carboxylic acids is 2.